The summed E-state index contributed by atoms with van der Waals surface area (Å²) in [6, 6.07) is 8.86. The Bertz CT molecular complexity index is 863. The standard InChI is InChI=1S/C25H33N3O3/c1-3-25(20-7-5-4-6-8-20)22(30)28(23(31)27-25)15-21(29)26-16(2)24-12-17-9-18(13-24)11-19(10-17)14-24/h4-8,16-19H,3,9-15H2,1-2H3,(H,26,29)(H,27,31)/t16-,17?,18?,19?,24?,25+/m1/s1. The van der Waals surface area contributed by atoms with Gasteiger partial charge in [-0.15, -0.1) is 0 Å². The van der Waals surface area contributed by atoms with Gasteiger partial charge in [-0.25, -0.2) is 4.79 Å². The van der Waals surface area contributed by atoms with Crippen molar-refractivity contribution < 1.29 is 14.4 Å². The van der Waals surface area contributed by atoms with Gasteiger partial charge < -0.3 is 10.6 Å². The lowest BCUT2D eigenvalue weighted by Crippen LogP contribution is -2.57. The largest absolute Gasteiger partial charge is 0.352 e. The molecule has 1 aliphatic heterocycles. The molecule has 1 aromatic carbocycles. The second-order valence-electron chi connectivity index (χ2n) is 10.5. The van der Waals surface area contributed by atoms with Gasteiger partial charge in [-0.3, -0.25) is 14.5 Å². The monoisotopic (exact) mass is 423 g/mol. The van der Waals surface area contributed by atoms with Gasteiger partial charge in [0.05, 0.1) is 0 Å². The van der Waals surface area contributed by atoms with Crippen molar-refractivity contribution in [2.75, 3.05) is 6.54 Å². The maximum Gasteiger partial charge on any atom is 0.325 e. The van der Waals surface area contributed by atoms with Crippen LogP contribution in [0, 0.1) is 23.2 Å². The molecule has 0 spiro atoms. The minimum atomic E-state index is -1.09. The summed E-state index contributed by atoms with van der Waals surface area (Å²) in [6.45, 7) is 3.77. The van der Waals surface area contributed by atoms with Gasteiger partial charge >= 0.3 is 6.03 Å². The molecule has 1 heterocycles. The Morgan fingerprint density at radius 2 is 1.68 bits per heavy atom. The van der Waals surface area contributed by atoms with E-state index in [1.54, 1.807) is 0 Å². The van der Waals surface area contributed by atoms with Crippen LogP contribution in [-0.4, -0.2) is 35.3 Å². The highest BCUT2D eigenvalue weighted by molar-refractivity contribution is 6.09. The molecule has 6 rings (SSSR count). The molecule has 4 amide bonds. The Morgan fingerprint density at radius 3 is 2.23 bits per heavy atom. The molecule has 4 aliphatic carbocycles. The minimum absolute atomic E-state index is 0.0687. The number of carbonyl (C=O) groups is 3. The average Bonchev–Trinajstić information content (AvgIpc) is 2.98. The van der Waals surface area contributed by atoms with Crippen molar-refractivity contribution in [2.24, 2.45) is 23.2 Å². The lowest BCUT2D eigenvalue weighted by molar-refractivity contribution is -0.136. The van der Waals surface area contributed by atoms with E-state index in [4.69, 9.17) is 0 Å². The summed E-state index contributed by atoms with van der Waals surface area (Å²) in [5.41, 5.74) is -0.149. The second kappa shape index (κ2) is 7.35. The van der Waals surface area contributed by atoms with E-state index in [-0.39, 0.29) is 29.8 Å². The highest BCUT2D eigenvalue weighted by atomic mass is 16.2. The molecule has 2 atom stereocenters. The van der Waals surface area contributed by atoms with Crippen LogP contribution in [0.1, 0.15) is 64.4 Å². The second-order valence-corrected chi connectivity index (χ2v) is 10.5. The van der Waals surface area contributed by atoms with Crippen molar-refractivity contribution in [3.8, 4) is 0 Å². The number of carbonyl (C=O) groups excluding carboxylic acids is 3. The van der Waals surface area contributed by atoms with Crippen LogP contribution in [0.15, 0.2) is 30.3 Å². The summed E-state index contributed by atoms with van der Waals surface area (Å²) in [6.07, 6.45) is 8.13. The normalized spacial score (nSPS) is 37.1. The van der Waals surface area contributed by atoms with E-state index < -0.39 is 11.6 Å². The zero-order valence-electron chi connectivity index (χ0n) is 18.5. The van der Waals surface area contributed by atoms with Crippen LogP contribution in [0.4, 0.5) is 4.79 Å². The smallest absolute Gasteiger partial charge is 0.325 e. The van der Waals surface area contributed by atoms with Crippen molar-refractivity contribution in [1.82, 2.24) is 15.5 Å². The number of nitrogens with one attached hydrogen (secondary N) is 2. The van der Waals surface area contributed by atoms with Gasteiger partial charge in [0.2, 0.25) is 5.91 Å². The summed E-state index contributed by atoms with van der Waals surface area (Å²) in [5, 5.41) is 6.04. The SMILES string of the molecule is CC[C@@]1(c2ccccc2)NC(=O)N(CC(=O)N[C@H](C)C23CC4CC(CC(C4)C2)C3)C1=O. The molecule has 6 nitrogen and oxygen atoms in total. The molecule has 4 bridgehead atoms. The molecule has 1 aromatic rings. The first-order valence-corrected chi connectivity index (χ1v) is 11.8. The van der Waals surface area contributed by atoms with Crippen LogP contribution >= 0.6 is 0 Å². The molecule has 1 saturated heterocycles. The van der Waals surface area contributed by atoms with Crippen LogP contribution in [0.3, 0.4) is 0 Å². The zero-order valence-corrected chi connectivity index (χ0v) is 18.5. The van der Waals surface area contributed by atoms with Crippen molar-refractivity contribution in [1.29, 1.82) is 0 Å². The molecule has 31 heavy (non-hydrogen) atoms. The van der Waals surface area contributed by atoms with E-state index in [2.05, 4.69) is 17.6 Å². The predicted molar refractivity (Wildman–Crippen MR) is 117 cm³/mol. The first-order chi connectivity index (χ1) is 14.8. The van der Waals surface area contributed by atoms with Crippen LogP contribution in [0.25, 0.3) is 0 Å². The molecule has 0 aromatic heterocycles. The van der Waals surface area contributed by atoms with Crippen LogP contribution < -0.4 is 10.6 Å². The fourth-order valence-corrected chi connectivity index (χ4v) is 7.42. The lowest BCUT2D eigenvalue weighted by Gasteiger charge is -2.59. The van der Waals surface area contributed by atoms with Gasteiger partial charge in [0, 0.05) is 6.04 Å². The van der Waals surface area contributed by atoms with E-state index in [0.29, 0.717) is 6.42 Å². The summed E-state index contributed by atoms with van der Waals surface area (Å²) in [4.78, 5) is 40.0. The summed E-state index contributed by atoms with van der Waals surface area (Å²) < 4.78 is 0. The number of urea groups is 1. The summed E-state index contributed by atoms with van der Waals surface area (Å²) >= 11 is 0. The highest BCUT2D eigenvalue weighted by Crippen LogP contribution is 2.61. The fraction of sp³-hybridized carbons (Fsp3) is 0.640. The van der Waals surface area contributed by atoms with Crippen molar-refractivity contribution in [2.45, 2.75) is 70.4 Å². The van der Waals surface area contributed by atoms with Gasteiger partial charge in [0.15, 0.2) is 0 Å². The van der Waals surface area contributed by atoms with E-state index in [1.807, 2.05) is 37.3 Å². The maximum atomic E-state index is 13.3. The van der Waals surface area contributed by atoms with Crippen molar-refractivity contribution in [3.05, 3.63) is 35.9 Å². The van der Waals surface area contributed by atoms with E-state index in [9.17, 15) is 14.4 Å². The van der Waals surface area contributed by atoms with Gasteiger partial charge in [0.1, 0.15) is 12.1 Å². The van der Waals surface area contributed by atoms with Gasteiger partial charge in [-0.2, -0.15) is 0 Å². The van der Waals surface area contributed by atoms with Crippen LogP contribution in [-0.2, 0) is 15.1 Å². The van der Waals surface area contributed by atoms with Gasteiger partial charge in [0.25, 0.3) is 5.91 Å². The molecule has 5 aliphatic rings. The Balaban J connectivity index is 1.27. The fourth-order valence-electron chi connectivity index (χ4n) is 7.42. The number of nitrogens with zero attached hydrogens (tertiary/aromatic N) is 1. The van der Waals surface area contributed by atoms with Crippen LogP contribution in [0.2, 0.25) is 0 Å². The molecule has 0 radical (unpaired) electrons. The Hall–Kier alpha value is -2.37. The number of hydrogen-bond acceptors (Lipinski definition) is 3. The molecule has 5 fully saturated rings. The Morgan fingerprint density at radius 1 is 1.10 bits per heavy atom. The first kappa shape index (κ1) is 20.5. The first-order valence-electron chi connectivity index (χ1n) is 11.8. The molecule has 6 heteroatoms. The summed E-state index contributed by atoms with van der Waals surface area (Å²) in [7, 11) is 0. The van der Waals surface area contributed by atoms with Gasteiger partial charge in [-0.05, 0) is 80.6 Å². The molecule has 166 valence electrons. The van der Waals surface area contributed by atoms with Crippen molar-refractivity contribution in [3.63, 3.8) is 0 Å². The average molecular weight is 424 g/mol. The maximum absolute atomic E-state index is 13.3. The number of imide groups is 1. The third-order valence-corrected chi connectivity index (χ3v) is 8.66. The summed E-state index contributed by atoms with van der Waals surface area (Å²) in [5.74, 6) is 1.85. The number of hydrogen-bond donors (Lipinski definition) is 2. The zero-order chi connectivity index (χ0) is 21.8. The topological polar surface area (TPSA) is 78.5 Å². The number of benzene rings is 1. The highest BCUT2D eigenvalue weighted by Gasteiger charge is 2.54. The third-order valence-electron chi connectivity index (χ3n) is 8.66. The van der Waals surface area contributed by atoms with Crippen molar-refractivity contribution >= 4 is 17.8 Å². The Kier molecular flexibility index (Phi) is 4.87. The minimum Gasteiger partial charge on any atom is -0.352 e. The van der Waals surface area contributed by atoms with E-state index in [1.165, 1.54) is 38.5 Å². The number of rotatable bonds is 6. The van der Waals surface area contributed by atoms with E-state index >= 15 is 0 Å². The molecule has 4 saturated carbocycles. The van der Waals surface area contributed by atoms with Crippen LogP contribution in [0.5, 0.6) is 0 Å². The Labute approximate surface area is 184 Å². The molecule has 0 unspecified atom stereocenters. The van der Waals surface area contributed by atoms with Gasteiger partial charge in [-0.1, -0.05) is 37.3 Å². The lowest BCUT2D eigenvalue weighted by atomic mass is 9.48. The third kappa shape index (κ3) is 3.26. The number of amides is 4. The predicted octanol–water partition coefficient (Wildman–Crippen LogP) is 3.56. The molecular weight excluding hydrogens is 390 g/mol. The quantitative estimate of drug-likeness (QED) is 0.687. The molecule has 2 N–H and O–H groups in total. The molecular formula is C25H33N3O3. The van der Waals surface area contributed by atoms with E-state index in [0.717, 1.165) is 28.2 Å².